The molecule has 1 fully saturated rings. The number of rotatable bonds is 6. The van der Waals surface area contributed by atoms with Gasteiger partial charge in [0, 0.05) is 50.8 Å². The van der Waals surface area contributed by atoms with E-state index in [2.05, 4.69) is 26.9 Å². The van der Waals surface area contributed by atoms with Gasteiger partial charge in [-0.25, -0.2) is 0 Å². The molecule has 0 aliphatic carbocycles. The second kappa shape index (κ2) is 8.85. The number of benzene rings is 2. The summed E-state index contributed by atoms with van der Waals surface area (Å²) < 4.78 is 30.2. The lowest BCUT2D eigenvalue weighted by molar-refractivity contribution is 0.250. The Morgan fingerprint density at radius 1 is 0.867 bits per heavy atom. The van der Waals surface area contributed by atoms with E-state index < -0.39 is 10.1 Å². The van der Waals surface area contributed by atoms with Gasteiger partial charge < -0.3 is 9.08 Å². The Morgan fingerprint density at radius 3 is 2.13 bits per heavy atom. The Labute approximate surface area is 177 Å². The summed E-state index contributed by atoms with van der Waals surface area (Å²) >= 11 is 0. The Bertz CT molecular complexity index is 1060. The van der Waals surface area contributed by atoms with Crippen molar-refractivity contribution >= 4 is 15.8 Å². The van der Waals surface area contributed by atoms with Crippen LogP contribution in [0.4, 0.5) is 5.69 Å². The zero-order chi connectivity index (χ0) is 21.0. The van der Waals surface area contributed by atoms with Crippen LogP contribution in [0.15, 0.2) is 78.0 Å². The number of anilines is 1. The normalized spacial score (nSPS) is 15.2. The fraction of sp³-hybridized carbons (Fsp3) is 0.261. The highest BCUT2D eigenvalue weighted by atomic mass is 32.2. The first-order valence-corrected chi connectivity index (χ1v) is 11.4. The monoisotopic (exact) mass is 423 g/mol. The van der Waals surface area contributed by atoms with Crippen molar-refractivity contribution in [2.24, 2.45) is 0 Å². The third-order valence-corrected chi connectivity index (χ3v) is 6.51. The summed E-state index contributed by atoms with van der Waals surface area (Å²) in [4.78, 5) is 8.96. The average Bonchev–Trinajstić information content (AvgIpc) is 2.76. The maximum absolute atomic E-state index is 12.4. The van der Waals surface area contributed by atoms with Gasteiger partial charge in [-0.05, 0) is 61.0 Å². The summed E-state index contributed by atoms with van der Waals surface area (Å²) in [5.41, 5.74) is 3.34. The third-order valence-electron chi connectivity index (χ3n) is 5.25. The van der Waals surface area contributed by atoms with Crippen molar-refractivity contribution in [2.75, 3.05) is 31.1 Å². The summed E-state index contributed by atoms with van der Waals surface area (Å²) in [6, 6.07) is 18.0. The van der Waals surface area contributed by atoms with Crippen LogP contribution >= 0.6 is 0 Å². The van der Waals surface area contributed by atoms with Crippen LogP contribution in [0.3, 0.4) is 0 Å². The molecule has 156 valence electrons. The molecule has 2 heterocycles. The van der Waals surface area contributed by atoms with Crippen molar-refractivity contribution in [3.8, 4) is 5.75 Å². The number of pyridine rings is 1. The maximum Gasteiger partial charge on any atom is 0.339 e. The first-order chi connectivity index (χ1) is 14.5. The van der Waals surface area contributed by atoms with Gasteiger partial charge in [0.25, 0.3) is 0 Å². The zero-order valence-electron chi connectivity index (χ0n) is 16.9. The molecule has 30 heavy (non-hydrogen) atoms. The van der Waals surface area contributed by atoms with Crippen molar-refractivity contribution in [3.05, 3.63) is 84.2 Å². The fourth-order valence-corrected chi connectivity index (χ4v) is 4.43. The second-order valence-electron chi connectivity index (χ2n) is 7.46. The van der Waals surface area contributed by atoms with Crippen LogP contribution in [0, 0.1) is 6.92 Å². The van der Waals surface area contributed by atoms with Crippen LogP contribution in [0.5, 0.6) is 5.75 Å². The molecule has 0 atom stereocenters. The molecule has 0 radical (unpaired) electrons. The van der Waals surface area contributed by atoms with Crippen molar-refractivity contribution in [2.45, 2.75) is 18.4 Å². The van der Waals surface area contributed by atoms with E-state index in [9.17, 15) is 8.42 Å². The minimum Gasteiger partial charge on any atom is -0.379 e. The van der Waals surface area contributed by atoms with E-state index in [1.807, 2.05) is 31.5 Å². The van der Waals surface area contributed by atoms with E-state index >= 15 is 0 Å². The first-order valence-electron chi connectivity index (χ1n) is 9.97. The number of hydrogen-bond donors (Lipinski definition) is 0. The number of aromatic nitrogens is 1. The van der Waals surface area contributed by atoms with Gasteiger partial charge in [-0.2, -0.15) is 8.42 Å². The Hall–Kier alpha value is -2.90. The SMILES string of the molecule is Cc1ccc(S(=O)(=O)Oc2ccc(N3CCN(Cc4ccncc4)CC3)cc2)cc1. The molecular formula is C23H25N3O3S. The van der Waals surface area contributed by atoms with Gasteiger partial charge in [0.1, 0.15) is 10.6 Å². The highest BCUT2D eigenvalue weighted by Gasteiger charge is 2.19. The van der Waals surface area contributed by atoms with Crippen LogP contribution in [0.2, 0.25) is 0 Å². The van der Waals surface area contributed by atoms with E-state index in [-0.39, 0.29) is 4.90 Å². The highest BCUT2D eigenvalue weighted by molar-refractivity contribution is 7.87. The van der Waals surface area contributed by atoms with Crippen LogP contribution in [0.1, 0.15) is 11.1 Å². The van der Waals surface area contributed by atoms with Gasteiger partial charge in [-0.3, -0.25) is 9.88 Å². The van der Waals surface area contributed by atoms with Gasteiger partial charge in [0.15, 0.2) is 0 Å². The van der Waals surface area contributed by atoms with E-state index in [1.165, 1.54) is 5.56 Å². The molecule has 4 rings (SSSR count). The molecule has 0 unspecified atom stereocenters. The molecule has 1 aliphatic rings. The predicted molar refractivity (Wildman–Crippen MR) is 117 cm³/mol. The van der Waals surface area contributed by atoms with Gasteiger partial charge in [-0.1, -0.05) is 17.7 Å². The van der Waals surface area contributed by atoms with E-state index in [1.54, 1.807) is 36.4 Å². The van der Waals surface area contributed by atoms with Gasteiger partial charge >= 0.3 is 10.1 Å². The van der Waals surface area contributed by atoms with Crippen molar-refractivity contribution < 1.29 is 12.6 Å². The van der Waals surface area contributed by atoms with E-state index in [0.717, 1.165) is 44.0 Å². The van der Waals surface area contributed by atoms with Crippen molar-refractivity contribution in [1.29, 1.82) is 0 Å². The summed E-state index contributed by atoms with van der Waals surface area (Å²) in [6.45, 7) is 6.64. The van der Waals surface area contributed by atoms with Crippen LogP contribution in [-0.2, 0) is 16.7 Å². The standard InChI is InChI=1S/C23H25N3O3S/c1-19-2-8-23(9-3-19)30(27,28)29-22-6-4-21(5-7-22)26-16-14-25(15-17-26)18-20-10-12-24-13-11-20/h2-13H,14-18H2,1H3. The first kappa shape index (κ1) is 20.4. The zero-order valence-corrected chi connectivity index (χ0v) is 17.8. The molecule has 1 aromatic heterocycles. The van der Waals surface area contributed by atoms with E-state index in [4.69, 9.17) is 4.18 Å². The smallest absolute Gasteiger partial charge is 0.339 e. The minimum atomic E-state index is -3.83. The molecule has 7 heteroatoms. The number of aryl methyl sites for hydroxylation is 1. The summed E-state index contributed by atoms with van der Waals surface area (Å²) in [5.74, 6) is 0.315. The number of hydrogen-bond acceptors (Lipinski definition) is 6. The lowest BCUT2D eigenvalue weighted by Crippen LogP contribution is -2.45. The fourth-order valence-electron chi connectivity index (χ4n) is 3.50. The molecule has 0 spiro atoms. The molecular weight excluding hydrogens is 398 g/mol. The van der Waals surface area contributed by atoms with Gasteiger partial charge in [0.2, 0.25) is 0 Å². The van der Waals surface area contributed by atoms with Crippen molar-refractivity contribution in [1.82, 2.24) is 9.88 Å². The Kier molecular flexibility index (Phi) is 6.01. The lowest BCUT2D eigenvalue weighted by Gasteiger charge is -2.36. The van der Waals surface area contributed by atoms with Crippen LogP contribution in [-0.4, -0.2) is 44.5 Å². The molecule has 1 aliphatic heterocycles. The van der Waals surface area contributed by atoms with Crippen LogP contribution < -0.4 is 9.08 Å². The summed E-state index contributed by atoms with van der Waals surface area (Å²) in [5, 5.41) is 0. The summed E-state index contributed by atoms with van der Waals surface area (Å²) in [7, 11) is -3.83. The number of piperazine rings is 1. The molecule has 0 N–H and O–H groups in total. The van der Waals surface area contributed by atoms with Gasteiger partial charge in [0.05, 0.1) is 0 Å². The molecule has 1 saturated heterocycles. The summed E-state index contributed by atoms with van der Waals surface area (Å²) in [6.07, 6.45) is 3.66. The molecule has 2 aromatic carbocycles. The van der Waals surface area contributed by atoms with E-state index in [0.29, 0.717) is 5.75 Å². The number of nitrogens with zero attached hydrogens (tertiary/aromatic N) is 3. The molecule has 6 nitrogen and oxygen atoms in total. The largest absolute Gasteiger partial charge is 0.379 e. The average molecular weight is 424 g/mol. The highest BCUT2D eigenvalue weighted by Crippen LogP contribution is 2.24. The molecule has 3 aromatic rings. The second-order valence-corrected chi connectivity index (χ2v) is 9.01. The quantitative estimate of drug-likeness (QED) is 0.566. The Balaban J connectivity index is 1.34. The topological polar surface area (TPSA) is 62.7 Å². The lowest BCUT2D eigenvalue weighted by atomic mass is 10.2. The van der Waals surface area contributed by atoms with Crippen LogP contribution in [0.25, 0.3) is 0 Å². The van der Waals surface area contributed by atoms with Gasteiger partial charge in [-0.15, -0.1) is 0 Å². The third kappa shape index (κ3) is 4.98. The minimum absolute atomic E-state index is 0.155. The van der Waals surface area contributed by atoms with Crippen molar-refractivity contribution in [3.63, 3.8) is 0 Å². The molecule has 0 amide bonds. The predicted octanol–water partition coefficient (Wildman–Crippen LogP) is 3.48. The Morgan fingerprint density at radius 2 is 1.50 bits per heavy atom. The molecule has 0 bridgehead atoms. The maximum atomic E-state index is 12.4. The molecule has 0 saturated carbocycles.